The molecule has 0 atom stereocenters. The first-order valence-corrected chi connectivity index (χ1v) is 16.1. The molecular formula is C23H38Pt. The van der Waals surface area contributed by atoms with Crippen LogP contribution in [0.4, 0.5) is 0 Å². The third-order valence-corrected chi connectivity index (χ3v) is 24.0. The zero-order chi connectivity index (χ0) is 16.2. The van der Waals surface area contributed by atoms with E-state index in [-0.39, 0.29) is 0 Å². The van der Waals surface area contributed by atoms with Crippen molar-refractivity contribution in [3.8, 4) is 0 Å². The van der Waals surface area contributed by atoms with Gasteiger partial charge in [-0.25, -0.2) is 0 Å². The van der Waals surface area contributed by atoms with Crippen LogP contribution in [0.3, 0.4) is 0 Å². The van der Waals surface area contributed by atoms with E-state index >= 15 is 0 Å². The third-order valence-electron chi connectivity index (χ3n) is 6.88. The second kappa shape index (κ2) is 8.24. The molecule has 0 radical (unpaired) electrons. The van der Waals surface area contributed by atoms with E-state index in [0.29, 0.717) is 0 Å². The van der Waals surface area contributed by atoms with Gasteiger partial charge in [-0.05, 0) is 0 Å². The van der Waals surface area contributed by atoms with E-state index in [9.17, 15) is 0 Å². The second-order valence-corrected chi connectivity index (χ2v) is 20.0. The maximum atomic E-state index is 2.69. The fourth-order valence-electron chi connectivity index (χ4n) is 5.78. The Morgan fingerprint density at radius 1 is 0.458 bits per heavy atom. The first-order valence-electron chi connectivity index (χ1n) is 10.8. The molecule has 0 aromatic carbocycles. The van der Waals surface area contributed by atoms with Crippen molar-refractivity contribution in [2.45, 2.75) is 114 Å². The van der Waals surface area contributed by atoms with Crippen molar-refractivity contribution in [1.82, 2.24) is 0 Å². The van der Waals surface area contributed by atoms with E-state index in [1.807, 2.05) is 0 Å². The molecule has 0 unspecified atom stereocenters. The Hall–Kier alpha value is 0.168. The Labute approximate surface area is 153 Å². The van der Waals surface area contributed by atoms with Crippen LogP contribution in [0.2, 0.25) is 17.2 Å². The standard InChI is InChI=1S/3C6H11.C5H5.Pt/c3*1-2-4-6-5-3-1;1-2-4-5-3-1;/h3*1H,2-6H2;1-5H;. The Balaban J connectivity index is 1.73. The van der Waals surface area contributed by atoms with Crippen LogP contribution in [0.25, 0.3) is 0 Å². The van der Waals surface area contributed by atoms with Crippen LogP contribution in [0.1, 0.15) is 96.3 Å². The summed E-state index contributed by atoms with van der Waals surface area (Å²) < 4.78 is 4.51. The molecule has 0 bridgehead atoms. The van der Waals surface area contributed by atoms with Gasteiger partial charge in [0.05, 0.1) is 0 Å². The number of rotatable bonds is 4. The molecule has 0 nitrogen and oxygen atoms in total. The Kier molecular flexibility index (Phi) is 6.04. The van der Waals surface area contributed by atoms with Gasteiger partial charge >= 0.3 is 154 Å². The summed E-state index contributed by atoms with van der Waals surface area (Å²) in [6, 6.07) is 0. The fourth-order valence-corrected chi connectivity index (χ4v) is 25.7. The quantitative estimate of drug-likeness (QED) is 0.357. The molecule has 3 fully saturated rings. The van der Waals surface area contributed by atoms with E-state index in [1.54, 1.807) is 77.0 Å². The van der Waals surface area contributed by atoms with Gasteiger partial charge in [-0.2, -0.15) is 0 Å². The maximum absolute atomic E-state index is 2.69. The van der Waals surface area contributed by atoms with Crippen LogP contribution in [-0.4, -0.2) is 0 Å². The average molecular weight is 510 g/mol. The van der Waals surface area contributed by atoms with E-state index in [1.165, 1.54) is 32.2 Å². The SMILES string of the molecule is C1=C[CH]([Pt]([CH]2CCCCC2)([CH]2CCCCC2)[CH]2CCCCC2)C=C1. The summed E-state index contributed by atoms with van der Waals surface area (Å²) in [6.07, 6.45) is 33.8. The van der Waals surface area contributed by atoms with E-state index in [4.69, 9.17) is 0 Å². The second-order valence-electron chi connectivity index (χ2n) is 8.36. The first-order chi connectivity index (χ1) is 11.9. The zero-order valence-corrected chi connectivity index (χ0v) is 17.8. The molecule has 1 heteroatoms. The Morgan fingerprint density at radius 2 is 0.792 bits per heavy atom. The van der Waals surface area contributed by atoms with Crippen molar-refractivity contribution >= 4 is 0 Å². The monoisotopic (exact) mass is 509 g/mol. The molecule has 4 rings (SSSR count). The molecule has 4 aliphatic rings. The molecule has 0 aliphatic heterocycles. The van der Waals surface area contributed by atoms with E-state index in [0.717, 1.165) is 4.31 Å². The molecule has 0 spiro atoms. The summed E-state index contributed by atoms with van der Waals surface area (Å²) in [4.78, 5) is 0. The van der Waals surface area contributed by atoms with Crippen molar-refractivity contribution in [3.05, 3.63) is 24.3 Å². The fraction of sp³-hybridized carbons (Fsp3) is 0.826. The number of hydrogen-bond acceptors (Lipinski definition) is 0. The normalized spacial score (nSPS) is 29.3. The van der Waals surface area contributed by atoms with Gasteiger partial charge in [0.25, 0.3) is 0 Å². The predicted molar refractivity (Wildman–Crippen MR) is 103 cm³/mol. The van der Waals surface area contributed by atoms with Gasteiger partial charge in [0, 0.05) is 0 Å². The van der Waals surface area contributed by atoms with Gasteiger partial charge in [0.1, 0.15) is 0 Å². The van der Waals surface area contributed by atoms with Crippen molar-refractivity contribution in [2.24, 2.45) is 0 Å². The molecule has 0 aromatic heterocycles. The van der Waals surface area contributed by atoms with Gasteiger partial charge in [0.2, 0.25) is 0 Å². The topological polar surface area (TPSA) is 0 Å². The first kappa shape index (κ1) is 17.6. The number of allylic oxidation sites excluding steroid dienone is 4. The van der Waals surface area contributed by atoms with Gasteiger partial charge in [-0.15, -0.1) is 0 Å². The Morgan fingerprint density at radius 3 is 1.12 bits per heavy atom. The Bertz CT molecular complexity index is 387. The molecule has 3 saturated carbocycles. The van der Waals surface area contributed by atoms with Crippen LogP contribution >= 0.6 is 0 Å². The van der Waals surface area contributed by atoms with E-state index in [2.05, 4.69) is 24.3 Å². The average Bonchev–Trinajstić information content (AvgIpc) is 3.20. The van der Waals surface area contributed by atoms with Crippen molar-refractivity contribution in [3.63, 3.8) is 0 Å². The minimum absolute atomic E-state index is 0.937. The molecule has 0 N–H and O–H groups in total. The summed E-state index contributed by atoms with van der Waals surface area (Å²) in [5.74, 6) is 0. The van der Waals surface area contributed by atoms with Gasteiger partial charge in [-0.1, -0.05) is 0 Å². The van der Waals surface area contributed by atoms with Crippen LogP contribution in [0.15, 0.2) is 24.3 Å². The summed E-state index contributed by atoms with van der Waals surface area (Å²) in [5, 5.41) is 0. The summed E-state index contributed by atoms with van der Waals surface area (Å²) in [5.41, 5.74) is 0. The zero-order valence-electron chi connectivity index (χ0n) is 15.5. The summed E-state index contributed by atoms with van der Waals surface area (Å²) in [7, 11) is 0. The van der Waals surface area contributed by atoms with Crippen molar-refractivity contribution in [1.29, 1.82) is 0 Å². The minimum atomic E-state index is -1.92. The van der Waals surface area contributed by atoms with E-state index < -0.39 is 16.1 Å². The third kappa shape index (κ3) is 3.26. The molecule has 0 amide bonds. The molecule has 0 aromatic rings. The van der Waals surface area contributed by atoms with Gasteiger partial charge in [-0.3, -0.25) is 0 Å². The van der Waals surface area contributed by atoms with Gasteiger partial charge < -0.3 is 0 Å². The summed E-state index contributed by atoms with van der Waals surface area (Å²) in [6.45, 7) is 0. The van der Waals surface area contributed by atoms with Crippen LogP contribution in [-0.2, 0) is 16.1 Å². The number of hydrogen-bond donors (Lipinski definition) is 0. The predicted octanol–water partition coefficient (Wildman–Crippen LogP) is 8.31. The molecule has 140 valence electrons. The summed E-state index contributed by atoms with van der Waals surface area (Å²) >= 11 is -1.92. The molecule has 0 heterocycles. The molecular weight excluding hydrogens is 471 g/mol. The van der Waals surface area contributed by atoms with Crippen molar-refractivity contribution in [2.75, 3.05) is 0 Å². The molecule has 4 aliphatic carbocycles. The van der Waals surface area contributed by atoms with Crippen molar-refractivity contribution < 1.29 is 16.1 Å². The molecule has 24 heavy (non-hydrogen) atoms. The van der Waals surface area contributed by atoms with Crippen LogP contribution in [0, 0.1) is 0 Å². The van der Waals surface area contributed by atoms with Crippen LogP contribution in [0.5, 0.6) is 0 Å². The van der Waals surface area contributed by atoms with Crippen LogP contribution < -0.4 is 0 Å². The molecule has 0 saturated heterocycles. The van der Waals surface area contributed by atoms with Gasteiger partial charge in [0.15, 0.2) is 0 Å².